The average Bonchev–Trinajstić information content (AvgIpc) is 3.07. The molecule has 1 N–H and O–H groups in total. The van der Waals surface area contributed by atoms with Crippen LogP contribution in [0.2, 0.25) is 0 Å². The molecule has 1 aromatic heterocycles. The van der Waals surface area contributed by atoms with E-state index in [0.29, 0.717) is 25.2 Å². The Morgan fingerprint density at radius 1 is 1.30 bits per heavy atom. The van der Waals surface area contributed by atoms with E-state index in [1.165, 1.54) is 0 Å². The van der Waals surface area contributed by atoms with Gasteiger partial charge in [-0.25, -0.2) is 0 Å². The van der Waals surface area contributed by atoms with Gasteiger partial charge in [0.05, 0.1) is 27.6 Å². The van der Waals surface area contributed by atoms with Gasteiger partial charge in [-0.1, -0.05) is 0 Å². The summed E-state index contributed by atoms with van der Waals surface area (Å²) < 4.78 is 12.7. The van der Waals surface area contributed by atoms with E-state index < -0.39 is 5.54 Å². The number of carbonyl (C=O) groups excluding carboxylic acids is 1. The second-order valence-corrected chi connectivity index (χ2v) is 10.4. The first-order chi connectivity index (χ1) is 12.6. The normalized spacial score (nSPS) is 25.2. The van der Waals surface area contributed by atoms with Gasteiger partial charge in [0, 0.05) is 25.2 Å². The third kappa shape index (κ3) is 5.54. The quantitative estimate of drug-likeness (QED) is 0.600. The SMILES string of the molecule is CC(C)(COc1cnccc1I)NC(=O)C1[C@H]2CN(COC(C)(C)C)C[C@@H]12. The summed E-state index contributed by atoms with van der Waals surface area (Å²) in [5.41, 5.74) is -0.554. The van der Waals surface area contributed by atoms with Crippen molar-refractivity contribution in [2.45, 2.75) is 45.8 Å². The Morgan fingerprint density at radius 3 is 2.56 bits per heavy atom. The van der Waals surface area contributed by atoms with Crippen LogP contribution in [-0.4, -0.2) is 53.4 Å². The number of rotatable bonds is 7. The van der Waals surface area contributed by atoms with Crippen LogP contribution < -0.4 is 10.1 Å². The van der Waals surface area contributed by atoms with Crippen molar-refractivity contribution in [2.24, 2.45) is 17.8 Å². The molecule has 2 heterocycles. The largest absolute Gasteiger partial charge is 0.488 e. The van der Waals surface area contributed by atoms with Crippen LogP contribution in [-0.2, 0) is 9.53 Å². The predicted octanol–water partition coefficient (Wildman–Crippen LogP) is 2.91. The van der Waals surface area contributed by atoms with E-state index >= 15 is 0 Å². The van der Waals surface area contributed by atoms with Gasteiger partial charge in [0.25, 0.3) is 0 Å². The van der Waals surface area contributed by atoms with Gasteiger partial charge in [-0.05, 0) is 75.1 Å². The maximum Gasteiger partial charge on any atom is 0.224 e. The Labute approximate surface area is 175 Å². The molecular formula is C20H30IN3O3. The summed E-state index contributed by atoms with van der Waals surface area (Å²) in [5.74, 6) is 1.96. The molecule has 3 atom stereocenters. The second-order valence-electron chi connectivity index (χ2n) is 9.24. The van der Waals surface area contributed by atoms with Crippen molar-refractivity contribution >= 4 is 28.5 Å². The van der Waals surface area contributed by atoms with Gasteiger partial charge in [0.15, 0.2) is 5.75 Å². The third-order valence-corrected chi connectivity index (χ3v) is 5.93. The number of hydrogen-bond acceptors (Lipinski definition) is 5. The fourth-order valence-electron chi connectivity index (χ4n) is 3.57. The molecule has 1 aliphatic carbocycles. The van der Waals surface area contributed by atoms with Crippen molar-refractivity contribution in [1.82, 2.24) is 15.2 Å². The van der Waals surface area contributed by atoms with Crippen molar-refractivity contribution in [1.29, 1.82) is 0 Å². The molecule has 7 heteroatoms. The summed E-state index contributed by atoms with van der Waals surface area (Å²) in [6, 6.07) is 1.90. The minimum absolute atomic E-state index is 0.125. The summed E-state index contributed by atoms with van der Waals surface area (Å²) in [6.45, 7) is 13.1. The number of ether oxygens (including phenoxy) is 2. The zero-order valence-electron chi connectivity index (χ0n) is 16.8. The Kier molecular flexibility index (Phi) is 6.03. The van der Waals surface area contributed by atoms with Crippen molar-refractivity contribution in [3.05, 3.63) is 22.0 Å². The predicted molar refractivity (Wildman–Crippen MR) is 112 cm³/mol. The van der Waals surface area contributed by atoms with Crippen molar-refractivity contribution in [3.8, 4) is 5.75 Å². The number of amides is 1. The zero-order valence-corrected chi connectivity index (χ0v) is 18.9. The van der Waals surface area contributed by atoms with Crippen LogP contribution in [0, 0.1) is 21.3 Å². The van der Waals surface area contributed by atoms with Crippen LogP contribution in [0.15, 0.2) is 18.5 Å². The minimum atomic E-state index is -0.429. The lowest BCUT2D eigenvalue weighted by molar-refractivity contribution is -0.125. The number of carbonyl (C=O) groups is 1. The van der Waals surface area contributed by atoms with Crippen LogP contribution in [0.5, 0.6) is 5.75 Å². The highest BCUT2D eigenvalue weighted by Crippen LogP contribution is 2.51. The molecule has 150 valence electrons. The third-order valence-electron chi connectivity index (χ3n) is 5.04. The van der Waals surface area contributed by atoms with Crippen molar-refractivity contribution < 1.29 is 14.3 Å². The van der Waals surface area contributed by atoms with E-state index in [4.69, 9.17) is 9.47 Å². The van der Waals surface area contributed by atoms with E-state index in [2.05, 4.69) is 58.6 Å². The molecule has 1 aliphatic heterocycles. The highest BCUT2D eigenvalue weighted by Gasteiger charge is 2.59. The summed E-state index contributed by atoms with van der Waals surface area (Å²) in [6.07, 6.45) is 3.45. The Morgan fingerprint density at radius 2 is 1.96 bits per heavy atom. The molecule has 1 amide bonds. The number of hydrogen-bond donors (Lipinski definition) is 1. The molecule has 0 bridgehead atoms. The molecule has 27 heavy (non-hydrogen) atoms. The molecule has 1 unspecified atom stereocenters. The summed E-state index contributed by atoms with van der Waals surface area (Å²) >= 11 is 2.22. The van der Waals surface area contributed by atoms with Gasteiger partial charge in [-0.2, -0.15) is 0 Å². The fraction of sp³-hybridized carbons (Fsp3) is 0.700. The summed E-state index contributed by atoms with van der Waals surface area (Å²) in [4.78, 5) is 19.1. The second kappa shape index (κ2) is 7.83. The van der Waals surface area contributed by atoms with Crippen LogP contribution in [0.4, 0.5) is 0 Å². The molecule has 0 spiro atoms. The smallest absolute Gasteiger partial charge is 0.224 e. The highest BCUT2D eigenvalue weighted by molar-refractivity contribution is 14.1. The Hall–Kier alpha value is -0.930. The molecule has 1 saturated heterocycles. The maximum absolute atomic E-state index is 12.7. The summed E-state index contributed by atoms with van der Waals surface area (Å²) in [5, 5.41) is 3.17. The van der Waals surface area contributed by atoms with Crippen molar-refractivity contribution in [2.75, 3.05) is 26.4 Å². The van der Waals surface area contributed by atoms with E-state index in [9.17, 15) is 4.79 Å². The molecular weight excluding hydrogens is 457 g/mol. The number of likely N-dealkylation sites (tertiary alicyclic amines) is 1. The first-order valence-corrected chi connectivity index (χ1v) is 10.5. The highest BCUT2D eigenvalue weighted by atomic mass is 127. The lowest BCUT2D eigenvalue weighted by Gasteiger charge is -2.28. The number of pyridine rings is 1. The Bertz CT molecular complexity index is 677. The average molecular weight is 487 g/mol. The van der Waals surface area contributed by atoms with Crippen LogP contribution in [0.3, 0.4) is 0 Å². The van der Waals surface area contributed by atoms with Crippen LogP contribution in [0.25, 0.3) is 0 Å². The number of halogens is 1. The van der Waals surface area contributed by atoms with Gasteiger partial charge in [-0.3, -0.25) is 14.7 Å². The molecule has 3 rings (SSSR count). The minimum Gasteiger partial charge on any atom is -0.488 e. The number of aromatic nitrogens is 1. The molecule has 6 nitrogen and oxygen atoms in total. The first-order valence-electron chi connectivity index (χ1n) is 9.46. The van der Waals surface area contributed by atoms with E-state index in [-0.39, 0.29) is 17.4 Å². The molecule has 2 aliphatic rings. The molecule has 1 saturated carbocycles. The van der Waals surface area contributed by atoms with Gasteiger partial charge >= 0.3 is 0 Å². The first kappa shape index (κ1) is 20.8. The molecule has 1 aromatic rings. The molecule has 2 fully saturated rings. The molecule has 0 aromatic carbocycles. The number of nitrogens with one attached hydrogen (secondary N) is 1. The number of nitrogens with zero attached hydrogens (tertiary/aromatic N) is 2. The number of piperidine rings is 1. The lowest BCUT2D eigenvalue weighted by Crippen LogP contribution is -2.49. The lowest BCUT2D eigenvalue weighted by atomic mass is 10.1. The van der Waals surface area contributed by atoms with Crippen LogP contribution in [0.1, 0.15) is 34.6 Å². The Balaban J connectivity index is 1.43. The standard InChI is InChI=1S/C20H30IN3O3/c1-19(2,3)27-12-24-9-13-14(10-24)17(13)18(25)23-20(4,5)11-26-16-8-22-7-6-15(16)21/h6-8,13-14,17H,9-12H2,1-5H3,(H,23,25)/t13-,14+,17?. The number of fused-ring (bicyclic) bond motifs is 1. The van der Waals surface area contributed by atoms with E-state index in [1.807, 2.05) is 19.9 Å². The van der Waals surface area contributed by atoms with Gasteiger partial charge < -0.3 is 14.8 Å². The van der Waals surface area contributed by atoms with Gasteiger partial charge in [0.2, 0.25) is 5.91 Å². The monoisotopic (exact) mass is 487 g/mol. The van der Waals surface area contributed by atoms with E-state index in [1.54, 1.807) is 12.4 Å². The molecule has 0 radical (unpaired) electrons. The summed E-state index contributed by atoms with van der Waals surface area (Å²) in [7, 11) is 0. The topological polar surface area (TPSA) is 63.7 Å². The van der Waals surface area contributed by atoms with Crippen molar-refractivity contribution in [3.63, 3.8) is 0 Å². The van der Waals surface area contributed by atoms with Gasteiger partial charge in [0.1, 0.15) is 6.61 Å². The van der Waals surface area contributed by atoms with Crippen LogP contribution >= 0.6 is 22.6 Å². The fourth-order valence-corrected chi connectivity index (χ4v) is 4.03. The zero-order chi connectivity index (χ0) is 19.8. The van der Waals surface area contributed by atoms with E-state index in [0.717, 1.165) is 22.4 Å². The van der Waals surface area contributed by atoms with Gasteiger partial charge in [-0.15, -0.1) is 0 Å². The maximum atomic E-state index is 12.7.